The first-order chi connectivity index (χ1) is 18.4. The van der Waals surface area contributed by atoms with E-state index in [1.165, 1.54) is 12.5 Å². The Morgan fingerprint density at radius 2 is 1.95 bits per heavy atom. The molecule has 5 rings (SSSR count). The normalized spacial score (nSPS) is 37.7. The van der Waals surface area contributed by atoms with Gasteiger partial charge in [-0.15, -0.1) is 0 Å². The van der Waals surface area contributed by atoms with Crippen molar-refractivity contribution in [2.45, 2.75) is 97.2 Å². The van der Waals surface area contributed by atoms with E-state index in [-0.39, 0.29) is 42.4 Å². The number of rotatable bonds is 7. The van der Waals surface area contributed by atoms with Crippen molar-refractivity contribution in [1.29, 1.82) is 0 Å². The molecule has 3 fully saturated rings. The first-order valence-corrected chi connectivity index (χ1v) is 14.4. The second-order valence-corrected chi connectivity index (χ2v) is 12.8. The number of ether oxygens (including phenoxy) is 2. The summed E-state index contributed by atoms with van der Waals surface area (Å²) in [5, 5.41) is 20.4. The zero-order valence-corrected chi connectivity index (χ0v) is 24.0. The fraction of sp³-hybridized carbons (Fsp3) is 0.656. The van der Waals surface area contributed by atoms with Crippen molar-refractivity contribution < 1.29 is 34.1 Å². The molecule has 0 radical (unpaired) electrons. The highest BCUT2D eigenvalue weighted by Gasteiger charge is 2.74. The molecule has 2 saturated carbocycles. The summed E-state index contributed by atoms with van der Waals surface area (Å²) in [6, 6.07) is 6.01. The lowest BCUT2D eigenvalue weighted by Crippen LogP contribution is -2.44. The van der Waals surface area contributed by atoms with Gasteiger partial charge in [0.25, 0.3) is 0 Å². The van der Waals surface area contributed by atoms with E-state index in [1.54, 1.807) is 0 Å². The summed E-state index contributed by atoms with van der Waals surface area (Å²) in [6.45, 7) is 11.7. The number of aryl methyl sites for hydroxylation is 1. The second-order valence-electron chi connectivity index (χ2n) is 12.8. The van der Waals surface area contributed by atoms with Crippen molar-refractivity contribution >= 4 is 17.9 Å². The summed E-state index contributed by atoms with van der Waals surface area (Å²) in [5.74, 6) is -2.00. The molecule has 1 spiro atoms. The maximum atomic E-state index is 13.5. The minimum Gasteiger partial charge on any atom is -0.481 e. The topological polar surface area (TPSA) is 110 Å². The van der Waals surface area contributed by atoms with Crippen molar-refractivity contribution in [1.82, 2.24) is 0 Å². The van der Waals surface area contributed by atoms with E-state index in [1.807, 2.05) is 32.9 Å². The maximum absolute atomic E-state index is 13.5. The zero-order chi connectivity index (χ0) is 28.4. The molecule has 7 heteroatoms. The van der Waals surface area contributed by atoms with Gasteiger partial charge in [0.15, 0.2) is 0 Å². The third-order valence-corrected chi connectivity index (χ3v) is 10.9. The van der Waals surface area contributed by atoms with Gasteiger partial charge < -0.3 is 19.7 Å². The molecule has 39 heavy (non-hydrogen) atoms. The first kappa shape index (κ1) is 27.9. The molecule has 3 aliphatic carbocycles. The minimum absolute atomic E-state index is 0.0409. The number of esters is 2. The summed E-state index contributed by atoms with van der Waals surface area (Å²) >= 11 is 0. The molecule has 0 unspecified atom stereocenters. The average Bonchev–Trinajstić information content (AvgIpc) is 3.36. The van der Waals surface area contributed by atoms with Crippen LogP contribution in [0.15, 0.2) is 29.3 Å². The van der Waals surface area contributed by atoms with E-state index in [2.05, 4.69) is 19.9 Å². The summed E-state index contributed by atoms with van der Waals surface area (Å²) in [4.78, 5) is 38.5. The molecule has 1 saturated heterocycles. The number of aliphatic hydroxyl groups is 1. The molecule has 1 heterocycles. The number of aliphatic carboxylic acids is 1. The third kappa shape index (κ3) is 3.90. The van der Waals surface area contributed by atoms with Gasteiger partial charge in [-0.3, -0.25) is 14.4 Å². The van der Waals surface area contributed by atoms with Crippen LogP contribution in [0.25, 0.3) is 0 Å². The van der Waals surface area contributed by atoms with Crippen molar-refractivity contribution in [3.63, 3.8) is 0 Å². The lowest BCUT2D eigenvalue weighted by molar-refractivity contribution is -0.155. The summed E-state index contributed by atoms with van der Waals surface area (Å²) < 4.78 is 11.9. The lowest BCUT2D eigenvalue weighted by Gasteiger charge is -2.42. The van der Waals surface area contributed by atoms with Crippen LogP contribution in [0.1, 0.15) is 89.3 Å². The van der Waals surface area contributed by atoms with Crippen LogP contribution in [0.4, 0.5) is 0 Å². The number of benzene rings is 1. The SMILES string of the molecule is CC(=O)O[C@H]1[C@@H]2C(C)=C3C[C@H]4[C@H](C[C@H](C)[C@@]31C[C@]2(C(=O)O)c1ccc(C)c([C@@H](C)CCCO)c1)OC(=O)[C@H]4C. The molecule has 0 aromatic heterocycles. The van der Waals surface area contributed by atoms with Crippen LogP contribution in [0.3, 0.4) is 0 Å². The molecule has 2 bridgehead atoms. The highest BCUT2D eigenvalue weighted by Crippen LogP contribution is 2.72. The monoisotopic (exact) mass is 538 g/mol. The number of aliphatic hydroxyl groups excluding tert-OH is 1. The number of carbonyl (C=O) groups is 3. The van der Waals surface area contributed by atoms with Crippen LogP contribution in [0.2, 0.25) is 0 Å². The summed E-state index contributed by atoms with van der Waals surface area (Å²) in [7, 11) is 0. The highest BCUT2D eigenvalue weighted by molar-refractivity contribution is 5.85. The number of carboxylic acids is 1. The van der Waals surface area contributed by atoms with Crippen molar-refractivity contribution in [2.75, 3.05) is 6.61 Å². The Hall–Kier alpha value is -2.67. The van der Waals surface area contributed by atoms with E-state index in [4.69, 9.17) is 9.47 Å². The molecule has 1 aromatic carbocycles. The first-order valence-electron chi connectivity index (χ1n) is 14.4. The molecule has 212 valence electrons. The second kappa shape index (κ2) is 9.76. The van der Waals surface area contributed by atoms with Gasteiger partial charge in [0.1, 0.15) is 17.6 Å². The predicted octanol–water partition coefficient (Wildman–Crippen LogP) is 5.07. The smallest absolute Gasteiger partial charge is 0.314 e. The van der Waals surface area contributed by atoms with Crippen molar-refractivity contribution in [2.24, 2.45) is 29.1 Å². The van der Waals surface area contributed by atoms with Gasteiger partial charge >= 0.3 is 17.9 Å². The number of hydrogen-bond donors (Lipinski definition) is 2. The number of hydrogen-bond acceptors (Lipinski definition) is 6. The average molecular weight is 539 g/mol. The van der Waals surface area contributed by atoms with Crippen LogP contribution >= 0.6 is 0 Å². The van der Waals surface area contributed by atoms with Gasteiger partial charge in [0.2, 0.25) is 0 Å². The van der Waals surface area contributed by atoms with Gasteiger partial charge in [0, 0.05) is 30.8 Å². The van der Waals surface area contributed by atoms with E-state index in [9.17, 15) is 24.6 Å². The quantitative estimate of drug-likeness (QED) is 0.368. The standard InChI is InChI=1S/C32H42O7/c1-16(8-7-11-33)23-13-22(10-9-17(23)2)32(30(36)37)15-31-18(3)12-26-24(19(4)29(35)39-26)14-25(31)20(5)27(32)28(31)38-21(6)34/h9-10,13,16,18-19,24,26-28,33H,7-8,11-12,14-15H2,1-6H3,(H,36,37)/t16-,18-,19-,24+,26-,27-,28-,31-,32-/m0/s1. The summed E-state index contributed by atoms with van der Waals surface area (Å²) in [5.41, 5.74) is 3.22. The molecular formula is C32H42O7. The zero-order valence-electron chi connectivity index (χ0n) is 24.0. The molecule has 0 amide bonds. The highest BCUT2D eigenvalue weighted by atomic mass is 16.6. The van der Waals surface area contributed by atoms with Gasteiger partial charge in [-0.25, -0.2) is 0 Å². The molecule has 1 aliphatic heterocycles. The van der Waals surface area contributed by atoms with Crippen LogP contribution < -0.4 is 0 Å². The fourth-order valence-corrected chi connectivity index (χ4v) is 8.89. The summed E-state index contributed by atoms with van der Waals surface area (Å²) in [6.07, 6.45) is 2.33. The number of carboxylic acid groups (broad SMARTS) is 1. The molecular weight excluding hydrogens is 496 g/mol. The Labute approximate surface area is 231 Å². The minimum atomic E-state index is -1.25. The Morgan fingerprint density at radius 1 is 1.23 bits per heavy atom. The Kier molecular flexibility index (Phi) is 6.97. The largest absolute Gasteiger partial charge is 0.481 e. The molecule has 4 aliphatic rings. The molecule has 7 nitrogen and oxygen atoms in total. The van der Waals surface area contributed by atoms with Crippen molar-refractivity contribution in [3.8, 4) is 0 Å². The Balaban J connectivity index is 1.68. The molecule has 1 aromatic rings. The van der Waals surface area contributed by atoms with Crippen LogP contribution in [0, 0.1) is 36.0 Å². The fourth-order valence-electron chi connectivity index (χ4n) is 8.89. The maximum Gasteiger partial charge on any atom is 0.314 e. The van der Waals surface area contributed by atoms with Crippen LogP contribution in [-0.4, -0.2) is 46.9 Å². The Bertz CT molecular complexity index is 1230. The lowest BCUT2D eigenvalue weighted by atomic mass is 9.60. The van der Waals surface area contributed by atoms with Gasteiger partial charge in [-0.05, 0) is 74.5 Å². The van der Waals surface area contributed by atoms with Crippen LogP contribution in [0.5, 0.6) is 0 Å². The molecule has 9 atom stereocenters. The van der Waals surface area contributed by atoms with Crippen LogP contribution in [-0.2, 0) is 29.3 Å². The van der Waals surface area contributed by atoms with Gasteiger partial charge in [0.05, 0.1) is 5.92 Å². The predicted molar refractivity (Wildman–Crippen MR) is 145 cm³/mol. The third-order valence-electron chi connectivity index (χ3n) is 10.9. The number of fused-ring (bicyclic) bond motifs is 2. The Morgan fingerprint density at radius 3 is 2.59 bits per heavy atom. The van der Waals surface area contributed by atoms with E-state index >= 15 is 0 Å². The molecule has 2 N–H and O–H groups in total. The van der Waals surface area contributed by atoms with Gasteiger partial charge in [-0.1, -0.05) is 50.1 Å². The van der Waals surface area contributed by atoms with Crippen molar-refractivity contribution in [3.05, 3.63) is 46.0 Å². The van der Waals surface area contributed by atoms with Gasteiger partial charge in [-0.2, -0.15) is 0 Å². The van der Waals surface area contributed by atoms with E-state index in [0.29, 0.717) is 25.7 Å². The van der Waals surface area contributed by atoms with E-state index in [0.717, 1.165) is 28.7 Å². The van der Waals surface area contributed by atoms with E-state index < -0.39 is 34.8 Å². The number of carbonyl (C=O) groups excluding carboxylic acids is 2.